The molecule has 0 radical (unpaired) electrons. The third-order valence-corrected chi connectivity index (χ3v) is 5.81. The Kier molecular flexibility index (Phi) is 5.64. The van der Waals surface area contributed by atoms with E-state index in [1.54, 1.807) is 11.9 Å². The number of nitrogens with zero attached hydrogens (tertiary/aromatic N) is 3. The first-order valence-corrected chi connectivity index (χ1v) is 10.3. The molecule has 8 nitrogen and oxygen atoms in total. The van der Waals surface area contributed by atoms with Gasteiger partial charge in [0.05, 0.1) is 0 Å². The van der Waals surface area contributed by atoms with E-state index >= 15 is 0 Å². The maximum Gasteiger partial charge on any atom is 0.278 e. The monoisotopic (exact) mass is 462 g/mol. The number of hydrogen-bond acceptors (Lipinski definition) is 5. The van der Waals surface area contributed by atoms with Gasteiger partial charge in [0, 0.05) is 25.8 Å². The molecule has 1 aromatic carbocycles. The molecule has 0 bridgehead atoms. The molecule has 1 aromatic heterocycles. The van der Waals surface area contributed by atoms with Crippen molar-refractivity contribution in [1.29, 1.82) is 0 Å². The van der Waals surface area contributed by atoms with E-state index in [2.05, 4.69) is 11.9 Å². The summed E-state index contributed by atoms with van der Waals surface area (Å²) in [7, 11) is 0. The van der Waals surface area contributed by atoms with Crippen molar-refractivity contribution < 1.29 is 27.9 Å². The molecule has 4 rings (SSSR count). The lowest BCUT2D eigenvalue weighted by atomic mass is 10.0. The highest BCUT2D eigenvalue weighted by atomic mass is 19.2. The summed E-state index contributed by atoms with van der Waals surface area (Å²) < 4.78 is 41.3. The van der Waals surface area contributed by atoms with Gasteiger partial charge >= 0.3 is 0 Å². The maximum absolute atomic E-state index is 13.4. The number of fused-ring (bicyclic) bond motifs is 3. The lowest BCUT2D eigenvalue weighted by molar-refractivity contribution is 0.0602. The van der Waals surface area contributed by atoms with Crippen LogP contribution in [-0.4, -0.2) is 45.8 Å². The van der Waals surface area contributed by atoms with Gasteiger partial charge in [-0.3, -0.25) is 24.1 Å². The molecule has 1 atom stereocenters. The zero-order valence-corrected chi connectivity index (χ0v) is 17.7. The molecule has 2 aromatic rings. The van der Waals surface area contributed by atoms with Crippen LogP contribution in [0.4, 0.5) is 13.2 Å². The van der Waals surface area contributed by atoms with Crippen molar-refractivity contribution in [1.82, 2.24) is 14.9 Å². The van der Waals surface area contributed by atoms with E-state index in [9.17, 15) is 32.7 Å². The second kappa shape index (κ2) is 8.30. The van der Waals surface area contributed by atoms with E-state index in [0.717, 1.165) is 30.3 Å². The van der Waals surface area contributed by atoms with Gasteiger partial charge in [0.25, 0.3) is 11.8 Å². The zero-order chi connectivity index (χ0) is 24.0. The van der Waals surface area contributed by atoms with Crippen molar-refractivity contribution in [3.05, 3.63) is 75.0 Å². The highest BCUT2D eigenvalue weighted by molar-refractivity contribution is 5.99. The Balaban J connectivity index is 1.70. The Morgan fingerprint density at radius 1 is 1.24 bits per heavy atom. The molecule has 33 heavy (non-hydrogen) atoms. The average Bonchev–Trinajstić information content (AvgIpc) is 2.78. The van der Waals surface area contributed by atoms with Crippen molar-refractivity contribution in [3.63, 3.8) is 0 Å². The number of carbonyl (C=O) groups is 2. The summed E-state index contributed by atoms with van der Waals surface area (Å²) in [6.45, 7) is 6.22. The first kappa shape index (κ1) is 22.4. The Morgan fingerprint density at radius 2 is 1.91 bits per heavy atom. The predicted molar refractivity (Wildman–Crippen MR) is 112 cm³/mol. The van der Waals surface area contributed by atoms with Crippen molar-refractivity contribution in [2.45, 2.75) is 32.5 Å². The highest BCUT2D eigenvalue weighted by Crippen LogP contribution is 2.31. The van der Waals surface area contributed by atoms with E-state index in [-0.39, 0.29) is 11.3 Å². The summed E-state index contributed by atoms with van der Waals surface area (Å²) in [5.41, 5.74) is -1.07. The number of rotatable bonds is 4. The molecular weight excluding hydrogens is 441 g/mol. The van der Waals surface area contributed by atoms with Gasteiger partial charge in [-0.15, -0.1) is 0 Å². The summed E-state index contributed by atoms with van der Waals surface area (Å²) in [4.78, 5) is 40.0. The normalized spacial score (nSPS) is 17.6. The van der Waals surface area contributed by atoms with E-state index < -0.39 is 58.7 Å². The molecule has 2 aliphatic heterocycles. The maximum atomic E-state index is 13.4. The minimum absolute atomic E-state index is 0.0665. The van der Waals surface area contributed by atoms with Crippen LogP contribution in [-0.2, 0) is 6.54 Å². The molecule has 3 heterocycles. The molecular formula is C22H21F3N4O4. The van der Waals surface area contributed by atoms with E-state index in [1.165, 1.54) is 9.58 Å². The number of pyridine rings is 1. The fourth-order valence-electron chi connectivity index (χ4n) is 4.24. The molecule has 0 aliphatic carbocycles. The number of amides is 2. The summed E-state index contributed by atoms with van der Waals surface area (Å²) in [6, 6.07) is 1.44. The van der Waals surface area contributed by atoms with Crippen molar-refractivity contribution in [2.24, 2.45) is 0 Å². The largest absolute Gasteiger partial charge is 0.502 e. The Hall–Kier alpha value is -3.76. The van der Waals surface area contributed by atoms with Gasteiger partial charge in [-0.05, 0) is 43.0 Å². The topological polar surface area (TPSA) is 94.9 Å². The molecule has 0 spiro atoms. The number of halogens is 3. The molecule has 2 aliphatic rings. The van der Waals surface area contributed by atoms with Crippen molar-refractivity contribution in [2.75, 3.05) is 18.1 Å². The SMILES string of the molecule is C=C1CCCN2[C@@H]1N(CC)C(=O)c1c(O)c(=O)c(C(=O)NCc3cc(F)c(F)c(F)c3)cn12. The van der Waals surface area contributed by atoms with Crippen molar-refractivity contribution in [3.8, 4) is 5.75 Å². The van der Waals surface area contributed by atoms with Crippen molar-refractivity contribution >= 4 is 11.8 Å². The minimum Gasteiger partial charge on any atom is -0.502 e. The fraction of sp³-hybridized carbons (Fsp3) is 0.318. The van der Waals surface area contributed by atoms with Crippen LogP contribution in [0.15, 0.2) is 35.3 Å². The Morgan fingerprint density at radius 3 is 2.55 bits per heavy atom. The van der Waals surface area contributed by atoms with Crippen LogP contribution in [0, 0.1) is 17.5 Å². The van der Waals surface area contributed by atoms with E-state index in [4.69, 9.17) is 0 Å². The standard InChI is InChI=1S/C22H21F3N4O4/c1-3-27-21-11(2)5-4-6-28(21)29-10-13(18(30)19(31)17(29)22(27)33)20(32)26-9-12-7-14(23)16(25)15(24)8-12/h7-8,10,21,31H,2-6,9H2,1H3,(H,26,32)/t21-/m0/s1. The van der Waals surface area contributed by atoms with E-state index in [0.29, 0.717) is 19.5 Å². The predicted octanol–water partition coefficient (Wildman–Crippen LogP) is 1.99. The third kappa shape index (κ3) is 3.62. The molecule has 2 amide bonds. The smallest absolute Gasteiger partial charge is 0.278 e. The minimum atomic E-state index is -1.63. The molecule has 0 unspecified atom stereocenters. The van der Waals surface area contributed by atoms with Crippen LogP contribution >= 0.6 is 0 Å². The fourth-order valence-corrected chi connectivity index (χ4v) is 4.24. The molecule has 0 saturated carbocycles. The lowest BCUT2D eigenvalue weighted by Crippen LogP contribution is -2.63. The zero-order valence-electron chi connectivity index (χ0n) is 17.7. The first-order chi connectivity index (χ1) is 15.6. The molecule has 1 saturated heterocycles. The van der Waals surface area contributed by atoms with Gasteiger partial charge < -0.3 is 15.3 Å². The van der Waals surface area contributed by atoms with Crippen LogP contribution in [0.1, 0.15) is 46.2 Å². The quantitative estimate of drug-likeness (QED) is 0.536. The molecule has 1 fully saturated rings. The summed E-state index contributed by atoms with van der Waals surface area (Å²) in [6.07, 6.45) is 2.09. The number of likely N-dealkylation sites (N-methyl/N-ethyl adjacent to an activating group) is 1. The number of carbonyl (C=O) groups excluding carboxylic acids is 2. The molecule has 2 N–H and O–H groups in total. The first-order valence-electron chi connectivity index (χ1n) is 10.3. The summed E-state index contributed by atoms with van der Waals surface area (Å²) >= 11 is 0. The molecule has 11 heteroatoms. The van der Waals surface area contributed by atoms with E-state index in [1.807, 2.05) is 0 Å². The van der Waals surface area contributed by atoms with Gasteiger partial charge in [-0.1, -0.05) is 6.58 Å². The van der Waals surface area contributed by atoms with Gasteiger partial charge in [-0.25, -0.2) is 13.2 Å². The number of benzene rings is 1. The Labute approximate surface area is 186 Å². The van der Waals surface area contributed by atoms with Gasteiger partial charge in [-0.2, -0.15) is 0 Å². The average molecular weight is 462 g/mol. The number of aromatic hydroxyl groups is 1. The summed E-state index contributed by atoms with van der Waals surface area (Å²) in [5, 5.41) is 14.6. The van der Waals surface area contributed by atoms with Gasteiger partial charge in [0.15, 0.2) is 28.9 Å². The van der Waals surface area contributed by atoms with Gasteiger partial charge in [0.1, 0.15) is 11.7 Å². The highest BCUT2D eigenvalue weighted by Gasteiger charge is 2.42. The van der Waals surface area contributed by atoms with Crippen LogP contribution < -0.4 is 15.8 Å². The number of nitrogens with one attached hydrogen (secondary N) is 1. The number of piperidine rings is 1. The van der Waals surface area contributed by atoms with Crippen LogP contribution in [0.5, 0.6) is 5.75 Å². The number of aromatic nitrogens is 1. The number of hydrogen-bond donors (Lipinski definition) is 2. The van der Waals surface area contributed by atoms with Gasteiger partial charge in [0.2, 0.25) is 5.43 Å². The lowest BCUT2D eigenvalue weighted by Gasteiger charge is -2.49. The molecule has 174 valence electrons. The summed E-state index contributed by atoms with van der Waals surface area (Å²) in [5.74, 6) is -6.85. The third-order valence-electron chi connectivity index (χ3n) is 5.81. The second-order valence-electron chi connectivity index (χ2n) is 7.86. The Bertz CT molecular complexity index is 1220. The second-order valence-corrected chi connectivity index (χ2v) is 7.86. The van der Waals surface area contributed by atoms with Crippen LogP contribution in [0.25, 0.3) is 0 Å². The van der Waals surface area contributed by atoms with Crippen LogP contribution in [0.3, 0.4) is 0 Å². The van der Waals surface area contributed by atoms with Crippen LogP contribution in [0.2, 0.25) is 0 Å².